The van der Waals surface area contributed by atoms with Crippen LogP contribution in [0.5, 0.6) is 0 Å². The third kappa shape index (κ3) is 2.62. The van der Waals surface area contributed by atoms with Crippen LogP contribution in [0.15, 0.2) is 36.5 Å². The lowest BCUT2D eigenvalue weighted by molar-refractivity contribution is -0.201. The second-order valence-electron chi connectivity index (χ2n) is 5.74. The van der Waals surface area contributed by atoms with Gasteiger partial charge in [-0.2, -0.15) is 13.2 Å². The minimum absolute atomic E-state index is 0.0921. The molecule has 2 nitrogen and oxygen atoms in total. The van der Waals surface area contributed by atoms with E-state index in [0.717, 1.165) is 5.39 Å². The average Bonchev–Trinajstić information content (AvgIpc) is 2.46. The van der Waals surface area contributed by atoms with Gasteiger partial charge in [0.05, 0.1) is 17.0 Å². The Morgan fingerprint density at radius 1 is 1.19 bits per heavy atom. The molecule has 1 heterocycles. The van der Waals surface area contributed by atoms with Gasteiger partial charge in [0.15, 0.2) is 0 Å². The van der Waals surface area contributed by atoms with Gasteiger partial charge in [-0.15, -0.1) is 0 Å². The van der Waals surface area contributed by atoms with Gasteiger partial charge in [-0.25, -0.2) is 0 Å². The molecule has 0 aliphatic heterocycles. The zero-order valence-corrected chi connectivity index (χ0v) is 11.4. The molecular weight excluding hydrogens is 279 g/mol. The first kappa shape index (κ1) is 14.3. The fourth-order valence-electron chi connectivity index (χ4n) is 3.29. The summed E-state index contributed by atoms with van der Waals surface area (Å²) < 4.78 is 39.0. The number of aromatic nitrogens is 1. The van der Waals surface area contributed by atoms with Crippen LogP contribution in [0.2, 0.25) is 0 Å². The van der Waals surface area contributed by atoms with Gasteiger partial charge in [0.25, 0.3) is 0 Å². The molecule has 2 unspecified atom stereocenters. The van der Waals surface area contributed by atoms with E-state index in [1.54, 1.807) is 36.5 Å². The Morgan fingerprint density at radius 3 is 2.76 bits per heavy atom. The van der Waals surface area contributed by atoms with Gasteiger partial charge >= 0.3 is 6.18 Å². The molecule has 1 aliphatic carbocycles. The number of fused-ring (bicyclic) bond motifs is 1. The van der Waals surface area contributed by atoms with E-state index in [1.165, 1.54) is 0 Å². The number of hydrogen-bond acceptors (Lipinski definition) is 2. The number of alkyl halides is 3. The molecule has 1 aromatic carbocycles. The largest absolute Gasteiger partial charge is 0.391 e. The lowest BCUT2D eigenvalue weighted by Gasteiger charge is -2.38. The molecule has 21 heavy (non-hydrogen) atoms. The van der Waals surface area contributed by atoms with Gasteiger partial charge in [0.2, 0.25) is 0 Å². The Hall–Kier alpha value is -1.62. The van der Waals surface area contributed by atoms with Crippen LogP contribution in [0.3, 0.4) is 0 Å². The summed E-state index contributed by atoms with van der Waals surface area (Å²) in [6.07, 6.45) is -2.07. The van der Waals surface area contributed by atoms with E-state index in [0.29, 0.717) is 23.9 Å². The molecule has 1 aliphatic rings. The lowest BCUT2D eigenvalue weighted by Crippen LogP contribution is -2.38. The number of pyridine rings is 1. The van der Waals surface area contributed by atoms with Gasteiger partial charge in [0.1, 0.15) is 0 Å². The van der Waals surface area contributed by atoms with Crippen molar-refractivity contribution in [2.24, 2.45) is 5.92 Å². The van der Waals surface area contributed by atoms with Gasteiger partial charge in [-0.05, 0) is 43.4 Å². The third-order valence-corrected chi connectivity index (χ3v) is 4.34. The van der Waals surface area contributed by atoms with E-state index < -0.39 is 17.7 Å². The van der Waals surface area contributed by atoms with Crippen molar-refractivity contribution in [1.82, 2.24) is 4.98 Å². The SMILES string of the molecule is OC1(c2cccc3ncccc23)CCCC(C(F)(F)F)C1. The fourth-order valence-corrected chi connectivity index (χ4v) is 3.29. The van der Waals surface area contributed by atoms with E-state index in [1.807, 2.05) is 0 Å². The van der Waals surface area contributed by atoms with Crippen LogP contribution >= 0.6 is 0 Å². The van der Waals surface area contributed by atoms with Gasteiger partial charge in [0, 0.05) is 11.6 Å². The summed E-state index contributed by atoms with van der Waals surface area (Å²) in [6, 6.07) is 8.78. The average molecular weight is 295 g/mol. The number of hydrogen-bond donors (Lipinski definition) is 1. The maximum absolute atomic E-state index is 13.0. The maximum atomic E-state index is 13.0. The van der Waals surface area contributed by atoms with Crippen molar-refractivity contribution in [1.29, 1.82) is 0 Å². The second kappa shape index (κ2) is 4.98. The lowest BCUT2D eigenvalue weighted by atomic mass is 9.73. The summed E-state index contributed by atoms with van der Waals surface area (Å²) in [5.74, 6) is -1.44. The summed E-state index contributed by atoms with van der Waals surface area (Å²) in [5, 5.41) is 11.6. The highest BCUT2D eigenvalue weighted by molar-refractivity contribution is 5.82. The normalized spacial score (nSPS) is 27.0. The van der Waals surface area contributed by atoms with Crippen LogP contribution in [0, 0.1) is 5.92 Å². The molecule has 5 heteroatoms. The Morgan fingerprint density at radius 2 is 2.00 bits per heavy atom. The molecule has 3 rings (SSSR count). The second-order valence-corrected chi connectivity index (χ2v) is 5.74. The standard InChI is InChI=1S/C16H16F3NO/c17-16(18,19)11-4-2-8-15(21,10-11)13-6-1-7-14-12(13)5-3-9-20-14/h1,3,5-7,9,11,21H,2,4,8,10H2. The molecule has 0 saturated heterocycles. The van der Waals surface area contributed by atoms with Gasteiger partial charge in [-0.3, -0.25) is 4.98 Å². The van der Waals surface area contributed by atoms with Crippen LogP contribution in [-0.4, -0.2) is 16.3 Å². The quantitative estimate of drug-likeness (QED) is 0.856. The van der Waals surface area contributed by atoms with Crippen LogP contribution in [0.1, 0.15) is 31.2 Å². The summed E-state index contributed by atoms with van der Waals surface area (Å²) in [4.78, 5) is 4.20. The Kier molecular flexibility index (Phi) is 3.40. The Labute approximate surface area is 120 Å². The molecule has 0 radical (unpaired) electrons. The van der Waals surface area contributed by atoms with Gasteiger partial charge in [-0.1, -0.05) is 18.2 Å². The van der Waals surface area contributed by atoms with Crippen LogP contribution in [0.25, 0.3) is 10.9 Å². The molecule has 112 valence electrons. The molecule has 0 spiro atoms. The molecule has 1 N–H and O–H groups in total. The van der Waals surface area contributed by atoms with E-state index in [4.69, 9.17) is 0 Å². The van der Waals surface area contributed by atoms with Crippen molar-refractivity contribution in [2.45, 2.75) is 37.5 Å². The number of aliphatic hydroxyl groups is 1. The number of halogens is 3. The number of nitrogens with zero attached hydrogens (tertiary/aromatic N) is 1. The highest BCUT2D eigenvalue weighted by Gasteiger charge is 2.47. The van der Waals surface area contributed by atoms with Crippen LogP contribution in [0.4, 0.5) is 13.2 Å². The van der Waals surface area contributed by atoms with Crippen molar-refractivity contribution in [3.63, 3.8) is 0 Å². The zero-order chi connectivity index (χ0) is 15.1. The van der Waals surface area contributed by atoms with E-state index >= 15 is 0 Å². The summed E-state index contributed by atoms with van der Waals surface area (Å²) >= 11 is 0. The topological polar surface area (TPSA) is 33.1 Å². The Bertz CT molecular complexity index is 650. The number of rotatable bonds is 1. The smallest absolute Gasteiger partial charge is 0.385 e. The molecule has 2 atom stereocenters. The fraction of sp³-hybridized carbons (Fsp3) is 0.438. The maximum Gasteiger partial charge on any atom is 0.391 e. The number of benzene rings is 1. The van der Waals surface area contributed by atoms with E-state index in [9.17, 15) is 18.3 Å². The van der Waals surface area contributed by atoms with Crippen molar-refractivity contribution in [3.8, 4) is 0 Å². The van der Waals surface area contributed by atoms with Crippen molar-refractivity contribution < 1.29 is 18.3 Å². The zero-order valence-electron chi connectivity index (χ0n) is 11.4. The van der Waals surface area contributed by atoms with Crippen molar-refractivity contribution >= 4 is 10.9 Å². The molecule has 2 aromatic rings. The summed E-state index contributed by atoms with van der Waals surface area (Å²) in [5.41, 5.74) is -0.180. The third-order valence-electron chi connectivity index (χ3n) is 4.34. The molecule has 0 bridgehead atoms. The van der Waals surface area contributed by atoms with E-state index in [2.05, 4.69) is 4.98 Å². The van der Waals surface area contributed by atoms with Crippen LogP contribution < -0.4 is 0 Å². The van der Waals surface area contributed by atoms with Crippen LogP contribution in [-0.2, 0) is 5.60 Å². The minimum Gasteiger partial charge on any atom is -0.385 e. The molecule has 0 amide bonds. The summed E-state index contributed by atoms with van der Waals surface area (Å²) in [6.45, 7) is 0. The monoisotopic (exact) mass is 295 g/mol. The minimum atomic E-state index is -4.25. The predicted octanol–water partition coefficient (Wildman–Crippen LogP) is 4.17. The first-order chi connectivity index (χ1) is 9.90. The Balaban J connectivity index is 2.04. The molecule has 1 saturated carbocycles. The van der Waals surface area contributed by atoms with Crippen molar-refractivity contribution in [3.05, 3.63) is 42.1 Å². The molecule has 1 fully saturated rings. The predicted molar refractivity (Wildman–Crippen MR) is 73.7 cm³/mol. The molecular formula is C16H16F3NO. The van der Waals surface area contributed by atoms with E-state index in [-0.39, 0.29) is 12.8 Å². The summed E-state index contributed by atoms with van der Waals surface area (Å²) in [7, 11) is 0. The molecule has 1 aromatic heterocycles. The highest BCUT2D eigenvalue weighted by atomic mass is 19.4. The van der Waals surface area contributed by atoms with Crippen molar-refractivity contribution in [2.75, 3.05) is 0 Å². The first-order valence-corrected chi connectivity index (χ1v) is 7.03. The highest BCUT2D eigenvalue weighted by Crippen LogP contribution is 2.47. The first-order valence-electron chi connectivity index (χ1n) is 7.03. The van der Waals surface area contributed by atoms with Gasteiger partial charge < -0.3 is 5.11 Å².